The van der Waals surface area contributed by atoms with Crippen molar-refractivity contribution >= 4 is 10.0 Å². The highest BCUT2D eigenvalue weighted by molar-refractivity contribution is 7.89. The molecule has 1 saturated carbocycles. The second-order valence-electron chi connectivity index (χ2n) is 4.56. The van der Waals surface area contributed by atoms with Gasteiger partial charge >= 0.3 is 0 Å². The van der Waals surface area contributed by atoms with E-state index in [4.69, 9.17) is 5.26 Å². The Morgan fingerprint density at radius 1 is 1.56 bits per heavy atom. The van der Waals surface area contributed by atoms with Gasteiger partial charge < -0.3 is 0 Å². The molecule has 2 rings (SSSR count). The summed E-state index contributed by atoms with van der Waals surface area (Å²) in [4.78, 5) is 3.73. The number of pyridine rings is 1. The standard InChI is InChI=1S/C12H15N3O2S/c1-9(10-4-2-5-10)15-18(16,17)12-6-3-7-14-11(12)8-13/h3,6-7,9-10,15H,2,4-5H2,1H3. The molecule has 1 heterocycles. The maximum Gasteiger partial charge on any atom is 0.243 e. The SMILES string of the molecule is CC(NS(=O)(=O)c1cccnc1C#N)C1CCC1. The number of nitriles is 1. The topological polar surface area (TPSA) is 82.8 Å². The van der Waals surface area contributed by atoms with Gasteiger partial charge in [0.05, 0.1) is 0 Å². The molecule has 1 aromatic heterocycles. The second kappa shape index (κ2) is 5.04. The van der Waals surface area contributed by atoms with Crippen LogP contribution in [0.1, 0.15) is 31.9 Å². The van der Waals surface area contributed by atoms with Crippen LogP contribution in [0.4, 0.5) is 0 Å². The summed E-state index contributed by atoms with van der Waals surface area (Å²) in [5.74, 6) is 0.405. The second-order valence-corrected chi connectivity index (χ2v) is 6.25. The molecule has 0 aliphatic heterocycles. The third-order valence-corrected chi connectivity index (χ3v) is 4.95. The van der Waals surface area contributed by atoms with Crippen molar-refractivity contribution in [2.24, 2.45) is 5.92 Å². The molecule has 1 aliphatic carbocycles. The van der Waals surface area contributed by atoms with Crippen molar-refractivity contribution in [1.82, 2.24) is 9.71 Å². The monoisotopic (exact) mass is 265 g/mol. The first-order chi connectivity index (χ1) is 8.54. The summed E-state index contributed by atoms with van der Waals surface area (Å²) in [6, 6.07) is 4.62. The smallest absolute Gasteiger partial charge is 0.243 e. The Kier molecular flexibility index (Phi) is 3.64. The minimum Gasteiger partial charge on any atom is -0.244 e. The van der Waals surface area contributed by atoms with Crippen LogP contribution in [0.15, 0.2) is 23.2 Å². The van der Waals surface area contributed by atoms with Crippen LogP contribution in [0, 0.1) is 17.2 Å². The molecular formula is C12H15N3O2S. The molecule has 18 heavy (non-hydrogen) atoms. The van der Waals surface area contributed by atoms with Gasteiger partial charge in [0.2, 0.25) is 10.0 Å². The summed E-state index contributed by atoms with van der Waals surface area (Å²) in [5, 5.41) is 8.88. The van der Waals surface area contributed by atoms with Gasteiger partial charge in [0.25, 0.3) is 0 Å². The highest BCUT2D eigenvalue weighted by atomic mass is 32.2. The van der Waals surface area contributed by atoms with Crippen molar-refractivity contribution in [3.8, 4) is 6.07 Å². The van der Waals surface area contributed by atoms with Crippen LogP contribution in [0.5, 0.6) is 0 Å². The predicted molar refractivity (Wildman–Crippen MR) is 66.1 cm³/mol. The first kappa shape index (κ1) is 13.0. The van der Waals surface area contributed by atoms with Crippen LogP contribution in [0.3, 0.4) is 0 Å². The Morgan fingerprint density at radius 2 is 2.28 bits per heavy atom. The van der Waals surface area contributed by atoms with Crippen molar-refractivity contribution in [1.29, 1.82) is 5.26 Å². The quantitative estimate of drug-likeness (QED) is 0.892. The van der Waals surface area contributed by atoms with E-state index in [9.17, 15) is 8.42 Å². The Hall–Kier alpha value is -1.45. The van der Waals surface area contributed by atoms with Crippen LogP contribution in [0.25, 0.3) is 0 Å². The molecule has 1 aliphatic rings. The number of nitrogens with one attached hydrogen (secondary N) is 1. The number of aromatic nitrogens is 1. The summed E-state index contributed by atoms with van der Waals surface area (Å²) < 4.78 is 27.0. The Bertz CT molecular complexity index is 573. The van der Waals surface area contributed by atoms with Gasteiger partial charge in [-0.05, 0) is 37.8 Å². The molecular weight excluding hydrogens is 250 g/mol. The maximum absolute atomic E-state index is 12.2. The van der Waals surface area contributed by atoms with Crippen molar-refractivity contribution in [2.75, 3.05) is 0 Å². The zero-order chi connectivity index (χ0) is 13.2. The van der Waals surface area contributed by atoms with Crippen molar-refractivity contribution in [3.05, 3.63) is 24.0 Å². The minimum atomic E-state index is -3.66. The molecule has 1 fully saturated rings. The van der Waals surface area contributed by atoms with Crippen LogP contribution >= 0.6 is 0 Å². The van der Waals surface area contributed by atoms with Gasteiger partial charge in [-0.2, -0.15) is 5.26 Å². The lowest BCUT2D eigenvalue weighted by molar-refractivity contribution is 0.260. The van der Waals surface area contributed by atoms with Crippen LogP contribution in [-0.4, -0.2) is 19.4 Å². The van der Waals surface area contributed by atoms with Crippen molar-refractivity contribution in [2.45, 2.75) is 37.1 Å². The van der Waals surface area contributed by atoms with Gasteiger partial charge in [0, 0.05) is 12.2 Å². The number of rotatable bonds is 4. The first-order valence-electron chi connectivity index (χ1n) is 5.92. The van der Waals surface area contributed by atoms with Gasteiger partial charge in [-0.1, -0.05) is 6.42 Å². The van der Waals surface area contributed by atoms with Crippen LogP contribution < -0.4 is 4.72 Å². The highest BCUT2D eigenvalue weighted by Crippen LogP contribution is 2.30. The number of nitrogens with zero attached hydrogens (tertiary/aromatic N) is 2. The fourth-order valence-corrected chi connectivity index (χ4v) is 3.46. The maximum atomic E-state index is 12.2. The molecule has 1 N–H and O–H groups in total. The number of hydrogen-bond acceptors (Lipinski definition) is 4. The molecule has 1 aromatic rings. The first-order valence-corrected chi connectivity index (χ1v) is 7.40. The molecule has 0 bridgehead atoms. The lowest BCUT2D eigenvalue weighted by Crippen LogP contribution is -2.40. The molecule has 0 aromatic carbocycles. The molecule has 1 atom stereocenters. The Labute approximate surface area is 107 Å². The van der Waals surface area contributed by atoms with Gasteiger partial charge in [0.15, 0.2) is 5.69 Å². The summed E-state index contributed by atoms with van der Waals surface area (Å²) in [6.07, 6.45) is 4.68. The van der Waals surface area contributed by atoms with Crippen LogP contribution in [0.2, 0.25) is 0 Å². The van der Waals surface area contributed by atoms with Crippen molar-refractivity contribution < 1.29 is 8.42 Å². The lowest BCUT2D eigenvalue weighted by atomic mass is 9.81. The summed E-state index contributed by atoms with van der Waals surface area (Å²) in [7, 11) is -3.66. The van der Waals surface area contributed by atoms with E-state index in [1.165, 1.54) is 18.3 Å². The fourth-order valence-electron chi connectivity index (χ4n) is 2.04. The molecule has 96 valence electrons. The summed E-state index contributed by atoms with van der Waals surface area (Å²) in [5.41, 5.74) is -0.0641. The average molecular weight is 265 g/mol. The summed E-state index contributed by atoms with van der Waals surface area (Å²) in [6.45, 7) is 1.86. The van der Waals surface area contributed by atoms with E-state index in [1.807, 2.05) is 6.92 Å². The summed E-state index contributed by atoms with van der Waals surface area (Å²) >= 11 is 0. The van der Waals surface area contributed by atoms with Crippen molar-refractivity contribution in [3.63, 3.8) is 0 Å². The molecule has 0 spiro atoms. The van der Waals surface area contributed by atoms with E-state index in [-0.39, 0.29) is 16.6 Å². The molecule has 5 nitrogen and oxygen atoms in total. The third-order valence-electron chi connectivity index (χ3n) is 3.36. The lowest BCUT2D eigenvalue weighted by Gasteiger charge is -2.31. The van der Waals surface area contributed by atoms with Crippen LogP contribution in [-0.2, 0) is 10.0 Å². The number of sulfonamides is 1. The molecule has 0 amide bonds. The van der Waals surface area contributed by atoms with E-state index in [2.05, 4.69) is 9.71 Å². The van der Waals surface area contributed by atoms with E-state index in [0.717, 1.165) is 19.3 Å². The molecule has 6 heteroatoms. The van der Waals surface area contributed by atoms with Gasteiger partial charge in [-0.25, -0.2) is 18.1 Å². The molecule has 0 radical (unpaired) electrons. The van der Waals surface area contributed by atoms with Gasteiger partial charge in [-0.15, -0.1) is 0 Å². The predicted octanol–water partition coefficient (Wildman–Crippen LogP) is 1.42. The molecule has 1 unspecified atom stereocenters. The largest absolute Gasteiger partial charge is 0.244 e. The van der Waals surface area contributed by atoms with E-state index < -0.39 is 10.0 Å². The average Bonchev–Trinajstić information content (AvgIpc) is 2.25. The Balaban J connectivity index is 2.22. The normalized spacial score (nSPS) is 17.8. The third kappa shape index (κ3) is 2.52. The van der Waals surface area contributed by atoms with Gasteiger partial charge in [0.1, 0.15) is 11.0 Å². The van der Waals surface area contributed by atoms with E-state index in [1.54, 1.807) is 6.07 Å². The zero-order valence-electron chi connectivity index (χ0n) is 10.1. The fraction of sp³-hybridized carbons (Fsp3) is 0.500. The zero-order valence-corrected chi connectivity index (χ0v) is 10.9. The number of hydrogen-bond donors (Lipinski definition) is 1. The minimum absolute atomic E-state index is 0.0429. The van der Waals surface area contributed by atoms with E-state index in [0.29, 0.717) is 5.92 Å². The van der Waals surface area contributed by atoms with E-state index >= 15 is 0 Å². The van der Waals surface area contributed by atoms with Gasteiger partial charge in [-0.3, -0.25) is 0 Å². The molecule has 0 saturated heterocycles. The highest BCUT2D eigenvalue weighted by Gasteiger charge is 2.29. The Morgan fingerprint density at radius 3 is 2.83 bits per heavy atom.